The molecule has 1 N–H and O–H groups in total. The summed E-state index contributed by atoms with van der Waals surface area (Å²) < 4.78 is 31.0. The zero-order chi connectivity index (χ0) is 33.9. The molecule has 1 aliphatic heterocycles. The first kappa shape index (κ1) is 39.4. The molecule has 1 aromatic rings. The summed E-state index contributed by atoms with van der Waals surface area (Å²) in [6, 6.07) is 10.0. The summed E-state index contributed by atoms with van der Waals surface area (Å²) in [4.78, 5) is 14.6. The van der Waals surface area contributed by atoms with Crippen molar-refractivity contribution in [2.75, 3.05) is 13.2 Å². The fourth-order valence-corrected chi connectivity index (χ4v) is 12.6. The zero-order valence-corrected chi connectivity index (χ0v) is 31.1. The lowest BCUT2D eigenvalue weighted by Gasteiger charge is -2.42. The predicted octanol–water partition coefficient (Wildman–Crippen LogP) is 8.44. The molecule has 0 saturated carbocycles. The van der Waals surface area contributed by atoms with E-state index in [1.165, 1.54) is 6.26 Å². The van der Waals surface area contributed by atoms with Gasteiger partial charge in [-0.15, -0.1) is 0 Å². The van der Waals surface area contributed by atoms with Gasteiger partial charge in [-0.1, -0.05) is 71.9 Å². The van der Waals surface area contributed by atoms with Crippen LogP contribution in [0, 0.1) is 5.92 Å². The molecule has 0 bridgehead atoms. The Morgan fingerprint density at radius 3 is 2.04 bits per heavy atom. The zero-order valence-electron chi connectivity index (χ0n) is 30.1. The molecule has 0 aromatic heterocycles. The van der Waals surface area contributed by atoms with Crippen molar-refractivity contribution < 1.29 is 33.3 Å². The van der Waals surface area contributed by atoms with Gasteiger partial charge in [-0.2, -0.15) is 0 Å². The highest BCUT2D eigenvalue weighted by Crippen LogP contribution is 2.42. The molecule has 1 aliphatic rings. The summed E-state index contributed by atoms with van der Waals surface area (Å²) >= 11 is 0. The summed E-state index contributed by atoms with van der Waals surface area (Å²) in [5.41, 5.74) is 2.45. The molecule has 9 heteroatoms. The van der Waals surface area contributed by atoms with E-state index in [-0.39, 0.29) is 18.2 Å². The topological polar surface area (TPSA) is 86.7 Å². The molecule has 0 aliphatic carbocycles. The molecule has 8 nitrogen and oxygen atoms in total. The number of nitrogens with zero attached hydrogens (tertiary/aromatic N) is 1. The summed E-state index contributed by atoms with van der Waals surface area (Å²) in [7, 11) is -2.11. The number of aliphatic hydroxyl groups is 1. The third kappa shape index (κ3) is 11.2. The van der Waals surface area contributed by atoms with E-state index in [0.29, 0.717) is 49.3 Å². The molecule has 1 saturated heterocycles. The van der Waals surface area contributed by atoms with Gasteiger partial charge in [0.2, 0.25) is 0 Å². The van der Waals surface area contributed by atoms with Gasteiger partial charge in [-0.3, -0.25) is 0 Å². The van der Waals surface area contributed by atoms with Crippen LogP contribution in [-0.4, -0.2) is 73.8 Å². The molecule has 1 amide bonds. The normalized spacial score (nSPS) is 20.2. The van der Waals surface area contributed by atoms with Crippen molar-refractivity contribution in [1.82, 2.24) is 4.90 Å². The van der Waals surface area contributed by atoms with Gasteiger partial charge in [-0.05, 0) is 82.6 Å². The number of hydrogen-bond acceptors (Lipinski definition) is 7. The Labute approximate surface area is 274 Å². The minimum atomic E-state index is -2.11. The van der Waals surface area contributed by atoms with Crippen molar-refractivity contribution in [1.29, 1.82) is 0 Å². The maximum atomic E-state index is 12.9. The van der Waals surface area contributed by atoms with Gasteiger partial charge in [0.05, 0.1) is 25.1 Å². The number of amides is 1. The van der Waals surface area contributed by atoms with Crippen LogP contribution in [0.5, 0.6) is 0 Å². The number of carbonyl (C=O) groups is 1. The van der Waals surface area contributed by atoms with E-state index >= 15 is 0 Å². The van der Waals surface area contributed by atoms with Crippen LogP contribution in [-0.2, 0) is 30.0 Å². The second-order valence-electron chi connectivity index (χ2n) is 14.4. The van der Waals surface area contributed by atoms with Crippen molar-refractivity contribution in [2.24, 2.45) is 5.92 Å². The second-order valence-corrected chi connectivity index (χ2v) is 19.8. The van der Waals surface area contributed by atoms with E-state index < -0.39 is 38.3 Å². The van der Waals surface area contributed by atoms with Crippen molar-refractivity contribution in [3.05, 3.63) is 48.2 Å². The maximum Gasteiger partial charge on any atom is 0.415 e. The molecule has 1 fully saturated rings. The van der Waals surface area contributed by atoms with E-state index in [9.17, 15) is 9.90 Å². The number of ether oxygens (including phenoxy) is 4. The molecular formula is C36H63NO7Si. The highest BCUT2D eigenvalue weighted by molar-refractivity contribution is 6.77. The number of rotatable bonds is 18. The molecular weight excluding hydrogens is 586 g/mol. The van der Waals surface area contributed by atoms with Crippen LogP contribution >= 0.6 is 0 Å². The van der Waals surface area contributed by atoms with Crippen LogP contribution in [0.25, 0.3) is 0 Å². The molecule has 1 heterocycles. The first-order chi connectivity index (χ1) is 21.0. The standard InChI is InChI=1S/C36H63NO7Si/c1-25(2)37(26(3)4)35(39)41-22-18-31(19-23-42-45(27(5)6,28(7)8)29(9)10)33(38)34-32(43-36(11,12)44-34)20-21-40-24-30-16-14-13-15-17-30/h13-18,22,25-29,31-34,38H,19-21,23-24H2,1-12H3/b22-18-/t31-,32+,33+,34-/m0/s1. The molecule has 4 atom stereocenters. The first-order valence-electron chi connectivity index (χ1n) is 17.0. The minimum Gasteiger partial charge on any atom is -0.418 e. The first-order valence-corrected chi connectivity index (χ1v) is 19.1. The van der Waals surface area contributed by atoms with Gasteiger partial charge in [0, 0.05) is 31.2 Å². The van der Waals surface area contributed by atoms with Crippen LogP contribution in [0.15, 0.2) is 42.7 Å². The third-order valence-electron chi connectivity index (χ3n) is 8.98. The lowest BCUT2D eigenvalue weighted by molar-refractivity contribution is -0.158. The fraction of sp³-hybridized carbons (Fsp3) is 0.750. The molecule has 1 aromatic carbocycles. The van der Waals surface area contributed by atoms with Gasteiger partial charge < -0.3 is 33.4 Å². The molecule has 2 rings (SSSR count). The number of hydrogen-bond donors (Lipinski definition) is 1. The van der Waals surface area contributed by atoms with E-state index in [4.69, 9.17) is 23.4 Å². The predicted molar refractivity (Wildman–Crippen MR) is 183 cm³/mol. The quantitative estimate of drug-likeness (QED) is 0.0970. The highest BCUT2D eigenvalue weighted by atomic mass is 28.4. The Morgan fingerprint density at radius 1 is 0.933 bits per heavy atom. The molecule has 0 spiro atoms. The Morgan fingerprint density at radius 2 is 1.51 bits per heavy atom. The average Bonchev–Trinajstić information content (AvgIpc) is 3.25. The number of aliphatic hydroxyl groups excluding tert-OH is 1. The maximum absolute atomic E-state index is 12.9. The van der Waals surface area contributed by atoms with Gasteiger partial charge >= 0.3 is 6.09 Å². The van der Waals surface area contributed by atoms with Gasteiger partial charge in [0.1, 0.15) is 6.10 Å². The van der Waals surface area contributed by atoms with E-state index in [1.807, 2.05) is 71.9 Å². The molecule has 0 unspecified atom stereocenters. The number of carbonyl (C=O) groups excluding carboxylic acids is 1. The van der Waals surface area contributed by atoms with E-state index in [1.54, 1.807) is 11.0 Å². The van der Waals surface area contributed by atoms with Crippen molar-refractivity contribution in [3.8, 4) is 0 Å². The van der Waals surface area contributed by atoms with Gasteiger partial charge in [-0.25, -0.2) is 4.79 Å². The largest absolute Gasteiger partial charge is 0.418 e. The summed E-state index contributed by atoms with van der Waals surface area (Å²) in [5, 5.41) is 11.9. The molecule has 258 valence electrons. The Kier molecular flexibility index (Phi) is 15.7. The minimum absolute atomic E-state index is 0.00185. The van der Waals surface area contributed by atoms with Crippen LogP contribution in [0.1, 0.15) is 101 Å². The summed E-state index contributed by atoms with van der Waals surface area (Å²) in [6.45, 7) is 26.7. The molecule has 0 radical (unpaired) electrons. The third-order valence-corrected chi connectivity index (χ3v) is 15.1. The van der Waals surface area contributed by atoms with Crippen molar-refractivity contribution in [2.45, 2.75) is 155 Å². The average molecular weight is 650 g/mol. The monoisotopic (exact) mass is 649 g/mol. The van der Waals surface area contributed by atoms with Gasteiger partial charge in [0.15, 0.2) is 14.1 Å². The van der Waals surface area contributed by atoms with Crippen molar-refractivity contribution in [3.63, 3.8) is 0 Å². The highest BCUT2D eigenvalue weighted by Gasteiger charge is 2.47. The smallest absolute Gasteiger partial charge is 0.415 e. The van der Waals surface area contributed by atoms with Crippen LogP contribution in [0.2, 0.25) is 16.6 Å². The van der Waals surface area contributed by atoms with Crippen LogP contribution in [0.4, 0.5) is 4.79 Å². The Balaban J connectivity index is 2.23. The fourth-order valence-electron chi connectivity index (χ4n) is 7.11. The Hall–Kier alpha value is -1.75. The van der Waals surface area contributed by atoms with E-state index in [0.717, 1.165) is 5.56 Å². The SMILES string of the molecule is CC(C)N(C(=O)O/C=C\[C@@H](CCO[Si](C(C)C)(C(C)C)C(C)C)[C@@H](O)[C@H]1OC(C)(C)O[C@@H]1CCOCc1ccccc1)C(C)C. The van der Waals surface area contributed by atoms with Crippen molar-refractivity contribution >= 4 is 14.4 Å². The number of benzene rings is 1. The lowest BCUT2D eigenvalue weighted by Crippen LogP contribution is -2.48. The Bertz CT molecular complexity index is 998. The second kappa shape index (κ2) is 18.0. The summed E-state index contributed by atoms with van der Waals surface area (Å²) in [5.74, 6) is -1.24. The van der Waals surface area contributed by atoms with Crippen LogP contribution < -0.4 is 0 Å². The van der Waals surface area contributed by atoms with Gasteiger partial charge in [0.25, 0.3) is 0 Å². The summed E-state index contributed by atoms with van der Waals surface area (Å²) in [6.07, 6.45) is 2.05. The van der Waals surface area contributed by atoms with Crippen LogP contribution in [0.3, 0.4) is 0 Å². The lowest BCUT2D eigenvalue weighted by atomic mass is 9.91. The van der Waals surface area contributed by atoms with E-state index in [2.05, 4.69) is 41.5 Å². The molecule has 45 heavy (non-hydrogen) atoms.